The zero-order chi connectivity index (χ0) is 12.1. The standard InChI is InChI=1S/C7H8F3NO4/c1-15-5(13)4(2-3-12)11-6(14)7(8,9)10/h3-4H,2H2,1H3,(H,11,14). The van der Waals surface area contributed by atoms with Crippen molar-refractivity contribution in [3.63, 3.8) is 0 Å². The van der Waals surface area contributed by atoms with Crippen LogP contribution in [-0.4, -0.2) is 37.5 Å². The lowest BCUT2D eigenvalue weighted by atomic mass is 10.2. The average molecular weight is 227 g/mol. The van der Waals surface area contributed by atoms with E-state index in [1.54, 1.807) is 0 Å². The Morgan fingerprint density at radius 2 is 2.00 bits per heavy atom. The maximum Gasteiger partial charge on any atom is 0.471 e. The van der Waals surface area contributed by atoms with Gasteiger partial charge in [0, 0.05) is 6.42 Å². The van der Waals surface area contributed by atoms with E-state index >= 15 is 0 Å². The SMILES string of the molecule is COC(=O)C(CC=O)NC(=O)C(F)(F)F. The van der Waals surface area contributed by atoms with Crippen LogP contribution in [0, 0.1) is 0 Å². The number of nitrogens with one attached hydrogen (secondary N) is 1. The van der Waals surface area contributed by atoms with Crippen molar-refractivity contribution in [1.29, 1.82) is 0 Å². The Hall–Kier alpha value is -1.60. The van der Waals surface area contributed by atoms with Crippen LogP contribution in [0.5, 0.6) is 0 Å². The second-order valence-electron chi connectivity index (χ2n) is 2.45. The molecule has 86 valence electrons. The normalized spacial score (nSPS) is 12.8. The summed E-state index contributed by atoms with van der Waals surface area (Å²) < 4.78 is 39.4. The van der Waals surface area contributed by atoms with Crippen LogP contribution in [0.25, 0.3) is 0 Å². The molecule has 5 nitrogen and oxygen atoms in total. The second-order valence-corrected chi connectivity index (χ2v) is 2.45. The molecule has 0 rings (SSSR count). The minimum Gasteiger partial charge on any atom is -0.467 e. The van der Waals surface area contributed by atoms with Gasteiger partial charge in [-0.25, -0.2) is 4.79 Å². The molecule has 0 radical (unpaired) electrons. The van der Waals surface area contributed by atoms with E-state index in [-0.39, 0.29) is 6.29 Å². The number of aldehydes is 1. The molecule has 0 heterocycles. The number of halogens is 3. The first-order valence-electron chi connectivity index (χ1n) is 3.72. The van der Waals surface area contributed by atoms with Gasteiger partial charge < -0.3 is 14.8 Å². The van der Waals surface area contributed by atoms with Crippen LogP contribution in [0.2, 0.25) is 0 Å². The number of hydrogen-bond donors (Lipinski definition) is 1. The fourth-order valence-corrected chi connectivity index (χ4v) is 0.693. The van der Waals surface area contributed by atoms with E-state index in [2.05, 4.69) is 4.74 Å². The Labute approximate surface area is 82.6 Å². The minimum absolute atomic E-state index is 0.207. The van der Waals surface area contributed by atoms with Crippen molar-refractivity contribution in [1.82, 2.24) is 5.32 Å². The highest BCUT2D eigenvalue weighted by atomic mass is 19.4. The lowest BCUT2D eigenvalue weighted by Crippen LogP contribution is -2.47. The second kappa shape index (κ2) is 5.32. The van der Waals surface area contributed by atoms with E-state index in [0.717, 1.165) is 7.11 Å². The van der Waals surface area contributed by atoms with Gasteiger partial charge in [-0.15, -0.1) is 0 Å². The van der Waals surface area contributed by atoms with Crippen molar-refractivity contribution in [2.75, 3.05) is 7.11 Å². The summed E-state index contributed by atoms with van der Waals surface area (Å²) in [5, 5.41) is 1.34. The number of carbonyl (C=O) groups excluding carboxylic acids is 3. The van der Waals surface area contributed by atoms with Gasteiger partial charge in [0.05, 0.1) is 7.11 Å². The summed E-state index contributed by atoms with van der Waals surface area (Å²) >= 11 is 0. The summed E-state index contributed by atoms with van der Waals surface area (Å²) in [6.45, 7) is 0. The molecule has 0 spiro atoms. The van der Waals surface area contributed by atoms with Crippen molar-refractivity contribution < 1.29 is 32.3 Å². The van der Waals surface area contributed by atoms with Gasteiger partial charge in [0.1, 0.15) is 12.3 Å². The quantitative estimate of drug-likeness (QED) is 0.533. The fraction of sp³-hybridized carbons (Fsp3) is 0.571. The first-order valence-corrected chi connectivity index (χ1v) is 3.72. The highest BCUT2D eigenvalue weighted by molar-refractivity contribution is 5.88. The molecular weight excluding hydrogens is 219 g/mol. The van der Waals surface area contributed by atoms with Crippen LogP contribution >= 0.6 is 0 Å². The van der Waals surface area contributed by atoms with Crippen molar-refractivity contribution >= 4 is 18.2 Å². The van der Waals surface area contributed by atoms with Gasteiger partial charge >= 0.3 is 18.1 Å². The number of hydrogen-bond acceptors (Lipinski definition) is 4. The number of ether oxygens (including phenoxy) is 1. The molecule has 0 aromatic heterocycles. The zero-order valence-corrected chi connectivity index (χ0v) is 7.63. The number of carbonyl (C=O) groups is 3. The third-order valence-corrected chi connectivity index (χ3v) is 1.38. The molecular formula is C7H8F3NO4. The Bertz CT molecular complexity index is 263. The first-order chi connectivity index (χ1) is 6.82. The first kappa shape index (κ1) is 13.4. The highest BCUT2D eigenvalue weighted by Crippen LogP contribution is 2.14. The van der Waals surface area contributed by atoms with E-state index in [4.69, 9.17) is 0 Å². The molecule has 0 aliphatic carbocycles. The van der Waals surface area contributed by atoms with Crippen molar-refractivity contribution in [3.8, 4) is 0 Å². The molecule has 1 amide bonds. The van der Waals surface area contributed by atoms with Crippen molar-refractivity contribution in [2.24, 2.45) is 0 Å². The lowest BCUT2D eigenvalue weighted by Gasteiger charge is -2.14. The van der Waals surface area contributed by atoms with E-state index < -0.39 is 30.5 Å². The van der Waals surface area contributed by atoms with E-state index in [1.165, 1.54) is 5.32 Å². The van der Waals surface area contributed by atoms with E-state index in [9.17, 15) is 27.6 Å². The molecule has 0 saturated carbocycles. The number of alkyl halides is 3. The molecule has 0 bridgehead atoms. The van der Waals surface area contributed by atoms with Gasteiger partial charge in [-0.1, -0.05) is 0 Å². The van der Waals surface area contributed by atoms with Crippen LogP contribution in [0.15, 0.2) is 0 Å². The molecule has 15 heavy (non-hydrogen) atoms. The number of amides is 1. The van der Waals surface area contributed by atoms with Gasteiger partial charge in [-0.3, -0.25) is 4.79 Å². The van der Waals surface area contributed by atoms with Gasteiger partial charge in [0.15, 0.2) is 0 Å². The zero-order valence-electron chi connectivity index (χ0n) is 7.63. The Morgan fingerprint density at radius 3 is 2.33 bits per heavy atom. The molecule has 0 fully saturated rings. The van der Waals surface area contributed by atoms with E-state index in [1.807, 2.05) is 0 Å². The van der Waals surface area contributed by atoms with E-state index in [0.29, 0.717) is 0 Å². The van der Waals surface area contributed by atoms with Crippen molar-refractivity contribution in [2.45, 2.75) is 18.6 Å². The molecule has 0 aromatic carbocycles. The van der Waals surface area contributed by atoms with Crippen LogP contribution in [-0.2, 0) is 19.1 Å². The molecule has 1 N–H and O–H groups in total. The Morgan fingerprint density at radius 1 is 1.47 bits per heavy atom. The summed E-state index contributed by atoms with van der Waals surface area (Å²) in [5.41, 5.74) is 0. The van der Waals surface area contributed by atoms with Crippen molar-refractivity contribution in [3.05, 3.63) is 0 Å². The van der Waals surface area contributed by atoms with Crippen LogP contribution in [0.3, 0.4) is 0 Å². The Balaban J connectivity index is 4.48. The maximum atomic E-state index is 11.8. The minimum atomic E-state index is -5.10. The maximum absolute atomic E-state index is 11.8. The average Bonchev–Trinajstić information content (AvgIpc) is 2.14. The summed E-state index contributed by atoms with van der Waals surface area (Å²) in [4.78, 5) is 31.2. The summed E-state index contributed by atoms with van der Waals surface area (Å²) in [7, 11) is 0.930. The molecule has 0 aliphatic heterocycles. The number of methoxy groups -OCH3 is 1. The lowest BCUT2D eigenvalue weighted by molar-refractivity contribution is -0.175. The predicted molar refractivity (Wildman–Crippen MR) is 40.7 cm³/mol. The topological polar surface area (TPSA) is 72.5 Å². The van der Waals surface area contributed by atoms with Crippen LogP contribution in [0.1, 0.15) is 6.42 Å². The molecule has 8 heteroatoms. The molecule has 0 saturated heterocycles. The van der Waals surface area contributed by atoms with Gasteiger partial charge in [0.25, 0.3) is 0 Å². The van der Waals surface area contributed by atoms with Gasteiger partial charge in [-0.2, -0.15) is 13.2 Å². The summed E-state index contributed by atoms with van der Waals surface area (Å²) in [6, 6.07) is -1.61. The smallest absolute Gasteiger partial charge is 0.467 e. The predicted octanol–water partition coefficient (Wildman–Crippen LogP) is -0.205. The van der Waals surface area contributed by atoms with Crippen LogP contribution in [0.4, 0.5) is 13.2 Å². The molecule has 0 aromatic rings. The number of esters is 1. The monoisotopic (exact) mass is 227 g/mol. The highest BCUT2D eigenvalue weighted by Gasteiger charge is 2.40. The summed E-state index contributed by atoms with van der Waals surface area (Å²) in [5.74, 6) is -3.40. The van der Waals surface area contributed by atoms with Gasteiger partial charge in [0.2, 0.25) is 0 Å². The largest absolute Gasteiger partial charge is 0.471 e. The number of rotatable bonds is 4. The third kappa shape index (κ3) is 4.43. The Kier molecular flexibility index (Phi) is 4.75. The summed E-state index contributed by atoms with van der Waals surface area (Å²) in [6.07, 6.45) is -5.47. The van der Waals surface area contributed by atoms with Crippen LogP contribution < -0.4 is 5.32 Å². The molecule has 1 unspecified atom stereocenters. The molecule has 1 atom stereocenters. The molecule has 0 aliphatic rings. The third-order valence-electron chi connectivity index (χ3n) is 1.38. The fourth-order valence-electron chi connectivity index (χ4n) is 0.693. The van der Waals surface area contributed by atoms with Gasteiger partial charge in [-0.05, 0) is 0 Å².